The van der Waals surface area contributed by atoms with E-state index in [9.17, 15) is 0 Å². The molecule has 0 saturated heterocycles. The summed E-state index contributed by atoms with van der Waals surface area (Å²) in [6.45, 7) is 1.79. The molecule has 64 valence electrons. The number of benzene rings is 1. The second-order valence-electron chi connectivity index (χ2n) is 2.48. The van der Waals surface area contributed by atoms with E-state index in [0.717, 1.165) is 10.0 Å². The topological polar surface area (TPSA) is 40.5 Å². The molecule has 2 N–H and O–H groups in total. The molecular formula is C7H7BBrClO2. The normalized spacial score (nSPS) is 10.1. The zero-order valence-electron chi connectivity index (χ0n) is 6.38. The fourth-order valence-corrected chi connectivity index (χ4v) is 1.77. The second-order valence-corrected chi connectivity index (χ2v) is 3.77. The molecule has 0 aliphatic rings. The van der Waals surface area contributed by atoms with Gasteiger partial charge in [-0.3, -0.25) is 0 Å². The number of hydrogen-bond donors (Lipinski definition) is 2. The van der Waals surface area contributed by atoms with Crippen molar-refractivity contribution in [2.75, 3.05) is 0 Å². The Bertz CT molecular complexity index is 304. The van der Waals surface area contributed by atoms with E-state index < -0.39 is 7.12 Å². The van der Waals surface area contributed by atoms with Crippen molar-refractivity contribution < 1.29 is 10.0 Å². The van der Waals surface area contributed by atoms with Crippen LogP contribution < -0.4 is 5.46 Å². The third-order valence-corrected chi connectivity index (χ3v) is 2.67. The van der Waals surface area contributed by atoms with Crippen LogP contribution in [0.4, 0.5) is 0 Å². The van der Waals surface area contributed by atoms with E-state index in [1.165, 1.54) is 6.07 Å². The second kappa shape index (κ2) is 3.79. The van der Waals surface area contributed by atoms with Gasteiger partial charge in [-0.25, -0.2) is 0 Å². The SMILES string of the molecule is Cc1c(Br)cc(Cl)cc1B(O)O. The monoisotopic (exact) mass is 248 g/mol. The van der Waals surface area contributed by atoms with Gasteiger partial charge in [0.25, 0.3) is 0 Å². The van der Waals surface area contributed by atoms with E-state index in [0.29, 0.717) is 10.5 Å². The Morgan fingerprint density at radius 3 is 2.50 bits per heavy atom. The highest BCUT2D eigenvalue weighted by atomic mass is 79.9. The van der Waals surface area contributed by atoms with E-state index in [4.69, 9.17) is 21.6 Å². The molecule has 1 rings (SSSR count). The maximum Gasteiger partial charge on any atom is 0.488 e. The molecule has 0 unspecified atom stereocenters. The molecule has 0 aliphatic heterocycles. The van der Waals surface area contributed by atoms with E-state index in [1.807, 2.05) is 0 Å². The first kappa shape index (κ1) is 10.1. The van der Waals surface area contributed by atoms with Gasteiger partial charge in [0, 0.05) is 9.50 Å². The van der Waals surface area contributed by atoms with Crippen LogP contribution in [-0.4, -0.2) is 17.2 Å². The highest BCUT2D eigenvalue weighted by Gasteiger charge is 2.16. The Hall–Kier alpha value is -0.0251. The van der Waals surface area contributed by atoms with Gasteiger partial charge in [-0.2, -0.15) is 0 Å². The van der Waals surface area contributed by atoms with Crippen LogP contribution in [0, 0.1) is 6.92 Å². The lowest BCUT2D eigenvalue weighted by atomic mass is 9.77. The van der Waals surface area contributed by atoms with Crippen LogP contribution >= 0.6 is 27.5 Å². The largest absolute Gasteiger partial charge is 0.488 e. The van der Waals surface area contributed by atoms with Gasteiger partial charge in [-0.15, -0.1) is 0 Å². The average molecular weight is 249 g/mol. The summed E-state index contributed by atoms with van der Waals surface area (Å²) in [6, 6.07) is 3.25. The van der Waals surface area contributed by atoms with Crippen LogP contribution in [0.5, 0.6) is 0 Å². The summed E-state index contributed by atoms with van der Waals surface area (Å²) in [5.41, 5.74) is 1.21. The van der Waals surface area contributed by atoms with Crippen LogP contribution in [0.25, 0.3) is 0 Å². The highest BCUT2D eigenvalue weighted by Crippen LogP contribution is 2.19. The third kappa shape index (κ3) is 2.01. The molecule has 0 spiro atoms. The first-order valence-corrected chi connectivity index (χ1v) is 4.51. The molecule has 0 bridgehead atoms. The van der Waals surface area contributed by atoms with Gasteiger partial charge >= 0.3 is 7.12 Å². The van der Waals surface area contributed by atoms with Crippen molar-refractivity contribution in [1.82, 2.24) is 0 Å². The minimum Gasteiger partial charge on any atom is -0.423 e. The summed E-state index contributed by atoms with van der Waals surface area (Å²) in [4.78, 5) is 0. The van der Waals surface area contributed by atoms with Crippen molar-refractivity contribution in [2.45, 2.75) is 6.92 Å². The summed E-state index contributed by atoms with van der Waals surface area (Å²) in [5.74, 6) is 0. The van der Waals surface area contributed by atoms with Gasteiger partial charge in [0.2, 0.25) is 0 Å². The van der Waals surface area contributed by atoms with Crippen molar-refractivity contribution in [3.05, 3.63) is 27.2 Å². The summed E-state index contributed by atoms with van der Waals surface area (Å²) in [6.07, 6.45) is 0. The smallest absolute Gasteiger partial charge is 0.423 e. The van der Waals surface area contributed by atoms with Crippen molar-refractivity contribution in [1.29, 1.82) is 0 Å². The maximum absolute atomic E-state index is 8.93. The minimum atomic E-state index is -1.47. The van der Waals surface area contributed by atoms with Gasteiger partial charge in [-0.1, -0.05) is 27.5 Å². The Morgan fingerprint density at radius 1 is 1.42 bits per heavy atom. The first-order valence-electron chi connectivity index (χ1n) is 3.34. The molecule has 0 radical (unpaired) electrons. The molecule has 0 saturated carbocycles. The molecule has 1 aromatic carbocycles. The molecule has 1 aromatic rings. The highest BCUT2D eigenvalue weighted by molar-refractivity contribution is 9.10. The zero-order chi connectivity index (χ0) is 9.30. The molecular weight excluding hydrogens is 242 g/mol. The molecule has 0 heterocycles. The summed E-state index contributed by atoms with van der Waals surface area (Å²) >= 11 is 8.97. The molecule has 5 heteroatoms. The van der Waals surface area contributed by atoms with Crippen LogP contribution in [0.1, 0.15) is 5.56 Å². The number of hydrogen-bond acceptors (Lipinski definition) is 2. The summed E-state index contributed by atoms with van der Waals surface area (Å²) in [5, 5.41) is 18.3. The Balaban J connectivity index is 3.28. The zero-order valence-corrected chi connectivity index (χ0v) is 8.72. The molecule has 0 aromatic heterocycles. The Labute approximate surface area is 84.4 Å². The predicted molar refractivity (Wildman–Crippen MR) is 53.7 cm³/mol. The van der Waals surface area contributed by atoms with Gasteiger partial charge in [0.05, 0.1) is 0 Å². The van der Waals surface area contributed by atoms with E-state index >= 15 is 0 Å². The quantitative estimate of drug-likeness (QED) is 0.731. The molecule has 0 aliphatic carbocycles. The molecule has 2 nitrogen and oxygen atoms in total. The van der Waals surface area contributed by atoms with Crippen molar-refractivity contribution in [3.8, 4) is 0 Å². The van der Waals surface area contributed by atoms with Crippen LogP contribution in [0.2, 0.25) is 5.02 Å². The molecule has 12 heavy (non-hydrogen) atoms. The maximum atomic E-state index is 8.93. The predicted octanol–water partition coefficient (Wildman–Crippen LogP) is 1.09. The van der Waals surface area contributed by atoms with Crippen molar-refractivity contribution >= 4 is 40.1 Å². The van der Waals surface area contributed by atoms with Gasteiger partial charge < -0.3 is 10.0 Å². The lowest BCUT2D eigenvalue weighted by Crippen LogP contribution is -2.32. The molecule has 0 fully saturated rings. The van der Waals surface area contributed by atoms with E-state index in [-0.39, 0.29) is 0 Å². The molecule has 0 atom stereocenters. The van der Waals surface area contributed by atoms with Crippen LogP contribution in [-0.2, 0) is 0 Å². The van der Waals surface area contributed by atoms with Crippen molar-refractivity contribution in [2.24, 2.45) is 0 Å². The standard InChI is InChI=1S/C7H7BBrClO2/c1-4-6(8(11)12)2-5(10)3-7(4)9/h2-3,11-12H,1H3. The van der Waals surface area contributed by atoms with E-state index in [1.54, 1.807) is 13.0 Å². The lowest BCUT2D eigenvalue weighted by Gasteiger charge is -2.06. The van der Waals surface area contributed by atoms with Crippen LogP contribution in [0.3, 0.4) is 0 Å². The number of halogens is 2. The van der Waals surface area contributed by atoms with Crippen LogP contribution in [0.15, 0.2) is 16.6 Å². The third-order valence-electron chi connectivity index (χ3n) is 1.63. The Morgan fingerprint density at radius 2 is 2.00 bits per heavy atom. The Kier molecular flexibility index (Phi) is 3.18. The lowest BCUT2D eigenvalue weighted by molar-refractivity contribution is 0.425. The summed E-state index contributed by atoms with van der Waals surface area (Å²) in [7, 11) is -1.47. The molecule has 0 amide bonds. The van der Waals surface area contributed by atoms with Gasteiger partial charge in [0.15, 0.2) is 0 Å². The van der Waals surface area contributed by atoms with E-state index in [2.05, 4.69) is 15.9 Å². The number of rotatable bonds is 1. The van der Waals surface area contributed by atoms with Gasteiger partial charge in [-0.05, 0) is 30.1 Å². The average Bonchev–Trinajstić information content (AvgIpc) is 1.96. The first-order chi connectivity index (χ1) is 5.52. The minimum absolute atomic E-state index is 0.425. The fraction of sp³-hybridized carbons (Fsp3) is 0.143. The summed E-state index contributed by atoms with van der Waals surface area (Å²) < 4.78 is 0.776. The fourth-order valence-electron chi connectivity index (χ4n) is 0.934. The van der Waals surface area contributed by atoms with Crippen molar-refractivity contribution in [3.63, 3.8) is 0 Å². The van der Waals surface area contributed by atoms with Gasteiger partial charge in [0.1, 0.15) is 0 Å².